The van der Waals surface area contributed by atoms with Crippen LogP contribution in [-0.4, -0.2) is 26.3 Å². The van der Waals surface area contributed by atoms with Gasteiger partial charge in [-0.05, 0) is 49.3 Å². The first-order valence-corrected chi connectivity index (χ1v) is 12.5. The summed E-state index contributed by atoms with van der Waals surface area (Å²) in [5.41, 5.74) is 5.46. The van der Waals surface area contributed by atoms with Crippen LogP contribution in [0.15, 0.2) is 47.6 Å². The summed E-state index contributed by atoms with van der Waals surface area (Å²) in [4.78, 5) is 13.0. The minimum absolute atomic E-state index is 0.118. The molecule has 1 aliphatic rings. The second kappa shape index (κ2) is 9.22. The lowest BCUT2D eigenvalue weighted by Crippen LogP contribution is -2.12. The van der Waals surface area contributed by atoms with E-state index in [1.165, 1.54) is 30.2 Å². The van der Waals surface area contributed by atoms with Crippen LogP contribution in [0.3, 0.4) is 0 Å². The maximum absolute atomic E-state index is 13.0. The summed E-state index contributed by atoms with van der Waals surface area (Å²) >= 11 is 1.51. The fourth-order valence-corrected chi connectivity index (χ4v) is 5.32. The Morgan fingerprint density at radius 3 is 2.38 bits per heavy atom. The molecule has 4 rings (SSSR count). The Bertz CT molecular complexity index is 1100. The summed E-state index contributed by atoms with van der Waals surface area (Å²) in [6.07, 6.45) is 4.75. The Morgan fingerprint density at radius 2 is 1.72 bits per heavy atom. The highest BCUT2D eigenvalue weighted by Gasteiger charge is 2.26. The molecule has 168 valence electrons. The largest absolute Gasteiger partial charge is 0.299 e. The lowest BCUT2D eigenvalue weighted by atomic mass is 9.86. The molecule has 1 aromatic heterocycles. The van der Waals surface area contributed by atoms with Crippen molar-refractivity contribution in [2.75, 3.05) is 5.75 Å². The average molecular weight is 448 g/mol. The molecular formula is C27H33N3OS. The monoisotopic (exact) mass is 447 g/mol. The van der Waals surface area contributed by atoms with Crippen LogP contribution in [-0.2, 0) is 5.41 Å². The lowest BCUT2D eigenvalue weighted by molar-refractivity contribution is 0.102. The van der Waals surface area contributed by atoms with Crippen molar-refractivity contribution in [1.82, 2.24) is 14.8 Å². The number of Topliss-reactive ketones (excluding diaryl/α,β-unsaturated/α-hetero) is 1. The quantitative estimate of drug-likeness (QED) is 0.303. The van der Waals surface area contributed by atoms with Gasteiger partial charge in [-0.3, -0.25) is 9.36 Å². The van der Waals surface area contributed by atoms with Crippen molar-refractivity contribution < 1.29 is 4.79 Å². The molecule has 32 heavy (non-hydrogen) atoms. The molecule has 0 atom stereocenters. The summed E-state index contributed by atoms with van der Waals surface area (Å²) in [5.74, 6) is 1.44. The Balaban J connectivity index is 1.61. The highest BCUT2D eigenvalue weighted by Crippen LogP contribution is 2.37. The zero-order valence-electron chi connectivity index (χ0n) is 19.8. The van der Waals surface area contributed by atoms with E-state index in [2.05, 4.69) is 59.8 Å². The average Bonchev–Trinajstić information content (AvgIpc) is 3.42. The summed E-state index contributed by atoms with van der Waals surface area (Å²) in [5, 5.41) is 9.98. The summed E-state index contributed by atoms with van der Waals surface area (Å²) in [7, 11) is 0. The third kappa shape index (κ3) is 4.83. The number of aromatic nitrogens is 3. The number of hydrogen-bond acceptors (Lipinski definition) is 4. The molecule has 3 aromatic rings. The highest BCUT2D eigenvalue weighted by atomic mass is 32.2. The molecule has 0 saturated heterocycles. The number of ketones is 1. The maximum Gasteiger partial charge on any atom is 0.192 e. The van der Waals surface area contributed by atoms with Gasteiger partial charge >= 0.3 is 0 Å². The van der Waals surface area contributed by atoms with Gasteiger partial charge in [0.05, 0.1) is 5.75 Å². The predicted molar refractivity (Wildman–Crippen MR) is 133 cm³/mol. The smallest absolute Gasteiger partial charge is 0.192 e. The van der Waals surface area contributed by atoms with Gasteiger partial charge < -0.3 is 0 Å². The van der Waals surface area contributed by atoms with Crippen LogP contribution in [0.1, 0.15) is 79.5 Å². The summed E-state index contributed by atoms with van der Waals surface area (Å²) in [6.45, 7) is 10.7. The van der Waals surface area contributed by atoms with Crippen molar-refractivity contribution in [2.45, 2.75) is 76.9 Å². The molecule has 4 nitrogen and oxygen atoms in total. The number of aryl methyl sites for hydroxylation is 2. The van der Waals surface area contributed by atoms with Crippen LogP contribution in [0.25, 0.3) is 11.4 Å². The van der Waals surface area contributed by atoms with E-state index < -0.39 is 0 Å². The van der Waals surface area contributed by atoms with Crippen LogP contribution in [0.5, 0.6) is 0 Å². The van der Waals surface area contributed by atoms with Crippen molar-refractivity contribution in [3.05, 3.63) is 64.7 Å². The molecule has 1 fully saturated rings. The van der Waals surface area contributed by atoms with Gasteiger partial charge in [0, 0.05) is 17.2 Å². The molecule has 0 unspecified atom stereocenters. The molecule has 2 aromatic carbocycles. The first-order chi connectivity index (χ1) is 15.2. The minimum Gasteiger partial charge on any atom is -0.299 e. The van der Waals surface area contributed by atoms with Crippen LogP contribution >= 0.6 is 11.8 Å². The first-order valence-electron chi connectivity index (χ1n) is 11.5. The van der Waals surface area contributed by atoms with Crippen LogP contribution in [0.2, 0.25) is 0 Å². The molecule has 1 saturated carbocycles. The number of benzene rings is 2. The van der Waals surface area contributed by atoms with Crippen molar-refractivity contribution in [3.63, 3.8) is 0 Å². The number of nitrogens with zero attached hydrogens (tertiary/aromatic N) is 3. The number of hydrogen-bond donors (Lipinski definition) is 0. The first kappa shape index (κ1) is 22.8. The lowest BCUT2D eigenvalue weighted by Gasteiger charge is -2.20. The van der Waals surface area contributed by atoms with E-state index in [1.54, 1.807) is 0 Å². The molecule has 0 radical (unpaired) electrons. The minimum atomic E-state index is 0.118. The van der Waals surface area contributed by atoms with E-state index in [4.69, 9.17) is 0 Å². The van der Waals surface area contributed by atoms with Gasteiger partial charge in [-0.2, -0.15) is 0 Å². The fourth-order valence-electron chi connectivity index (χ4n) is 4.43. The zero-order chi connectivity index (χ0) is 22.9. The second-order valence-electron chi connectivity index (χ2n) is 9.97. The van der Waals surface area contributed by atoms with E-state index in [1.807, 2.05) is 32.0 Å². The van der Waals surface area contributed by atoms with Crippen molar-refractivity contribution in [3.8, 4) is 11.4 Å². The molecule has 0 aliphatic heterocycles. The van der Waals surface area contributed by atoms with Gasteiger partial charge in [0.2, 0.25) is 0 Å². The Morgan fingerprint density at radius 1 is 1.03 bits per heavy atom. The van der Waals surface area contributed by atoms with E-state index >= 15 is 0 Å². The molecule has 1 aliphatic carbocycles. The number of thioether (sulfide) groups is 1. The molecule has 0 amide bonds. The van der Waals surface area contributed by atoms with E-state index in [0.29, 0.717) is 11.8 Å². The van der Waals surface area contributed by atoms with Crippen LogP contribution in [0, 0.1) is 13.8 Å². The fraction of sp³-hybridized carbons (Fsp3) is 0.444. The number of rotatable bonds is 6. The van der Waals surface area contributed by atoms with E-state index in [-0.39, 0.29) is 11.2 Å². The SMILES string of the molecule is Cc1ccc(C)c(C(=O)CSc2nnc(-c3ccc(C(C)(C)C)cc3)n2C2CCCC2)c1. The topological polar surface area (TPSA) is 47.8 Å². The third-order valence-electron chi connectivity index (χ3n) is 6.39. The normalized spacial score (nSPS) is 14.8. The van der Waals surface area contributed by atoms with Crippen LogP contribution < -0.4 is 0 Å². The number of carbonyl (C=O) groups excluding carboxylic acids is 1. The third-order valence-corrected chi connectivity index (χ3v) is 7.33. The van der Waals surface area contributed by atoms with Crippen LogP contribution in [0.4, 0.5) is 0 Å². The van der Waals surface area contributed by atoms with E-state index in [0.717, 1.165) is 46.1 Å². The molecule has 0 bridgehead atoms. The van der Waals surface area contributed by atoms with Crippen molar-refractivity contribution in [1.29, 1.82) is 0 Å². The van der Waals surface area contributed by atoms with Gasteiger partial charge in [0.25, 0.3) is 0 Å². The Hall–Kier alpha value is -2.40. The standard InChI is InChI=1S/C27H33N3OS/c1-18-10-11-19(2)23(16-18)24(31)17-32-26-29-28-25(30(26)22-8-6-7-9-22)20-12-14-21(15-13-20)27(3,4)5/h10-16,22H,6-9,17H2,1-5H3. The number of carbonyl (C=O) groups is 1. The van der Waals surface area contributed by atoms with Gasteiger partial charge in [-0.15, -0.1) is 10.2 Å². The second-order valence-corrected chi connectivity index (χ2v) is 10.9. The summed E-state index contributed by atoms with van der Waals surface area (Å²) in [6, 6.07) is 15.2. The molecule has 5 heteroatoms. The van der Waals surface area contributed by atoms with Gasteiger partial charge in [0.1, 0.15) is 0 Å². The maximum atomic E-state index is 13.0. The van der Waals surface area contributed by atoms with E-state index in [9.17, 15) is 4.79 Å². The highest BCUT2D eigenvalue weighted by molar-refractivity contribution is 7.99. The zero-order valence-corrected chi connectivity index (χ0v) is 20.6. The van der Waals surface area contributed by atoms with Gasteiger partial charge in [-0.1, -0.05) is 87.3 Å². The van der Waals surface area contributed by atoms with Crippen molar-refractivity contribution >= 4 is 17.5 Å². The van der Waals surface area contributed by atoms with Crippen molar-refractivity contribution in [2.24, 2.45) is 0 Å². The van der Waals surface area contributed by atoms with Gasteiger partial charge in [-0.25, -0.2) is 0 Å². The summed E-state index contributed by atoms with van der Waals surface area (Å²) < 4.78 is 2.29. The Kier molecular flexibility index (Phi) is 6.57. The molecular weight excluding hydrogens is 414 g/mol. The Labute approximate surface area is 195 Å². The predicted octanol–water partition coefficient (Wildman–Crippen LogP) is 6.95. The molecule has 1 heterocycles. The molecule has 0 N–H and O–H groups in total. The van der Waals surface area contributed by atoms with Gasteiger partial charge in [0.15, 0.2) is 16.8 Å². The molecule has 0 spiro atoms.